The van der Waals surface area contributed by atoms with Crippen molar-refractivity contribution in [1.82, 2.24) is 10.3 Å². The summed E-state index contributed by atoms with van der Waals surface area (Å²) >= 11 is 0. The molecule has 4 aromatic rings. The molecule has 1 amide bonds. The third-order valence-electron chi connectivity index (χ3n) is 6.33. The fourth-order valence-corrected chi connectivity index (χ4v) is 4.66. The molecule has 0 unspecified atom stereocenters. The lowest BCUT2D eigenvalue weighted by Crippen LogP contribution is -2.42. The Hall–Kier alpha value is -4.26. The van der Waals surface area contributed by atoms with Crippen molar-refractivity contribution in [3.63, 3.8) is 0 Å². The molecule has 1 aromatic heterocycles. The lowest BCUT2D eigenvalue weighted by molar-refractivity contribution is -0.139. The van der Waals surface area contributed by atoms with Crippen LogP contribution in [0.1, 0.15) is 22.6 Å². The number of rotatable bonds is 7. The first-order chi connectivity index (χ1) is 16.5. The smallest absolute Gasteiger partial charge is 0.407 e. The number of hydrogen-bond acceptors (Lipinski definition) is 4. The highest BCUT2D eigenvalue weighted by molar-refractivity contribution is 5.86. The number of alkyl carbamates (subject to hydrolysis) is 1. The SMILES string of the molecule is COc1ccc2[nH]cc(C[C@H](NC(=O)OCC3c4ccccc4-c4ccccc43)C(=O)O)c2c1. The van der Waals surface area contributed by atoms with E-state index < -0.39 is 18.1 Å². The van der Waals surface area contributed by atoms with Crippen LogP contribution < -0.4 is 10.1 Å². The molecule has 5 rings (SSSR count). The number of fused-ring (bicyclic) bond motifs is 4. The number of carboxylic acid groups (broad SMARTS) is 1. The highest BCUT2D eigenvalue weighted by atomic mass is 16.5. The number of ether oxygens (including phenoxy) is 2. The molecule has 3 aromatic carbocycles. The van der Waals surface area contributed by atoms with Crippen molar-refractivity contribution >= 4 is 23.0 Å². The molecule has 1 heterocycles. The minimum Gasteiger partial charge on any atom is -0.497 e. The molecule has 7 heteroatoms. The number of nitrogens with one attached hydrogen (secondary N) is 2. The standard InChI is InChI=1S/C27H24N2O5/c1-33-17-10-11-24-22(13-17)16(14-28-24)12-25(26(30)31)29-27(32)34-15-23-20-8-4-2-6-18(20)19-7-3-5-9-21(19)23/h2-11,13-14,23,25,28H,12,15H2,1H3,(H,29,32)(H,30,31)/t25-/m0/s1. The van der Waals surface area contributed by atoms with Crippen LogP contribution >= 0.6 is 0 Å². The van der Waals surface area contributed by atoms with E-state index in [2.05, 4.69) is 22.4 Å². The van der Waals surface area contributed by atoms with Crippen molar-refractivity contribution in [1.29, 1.82) is 0 Å². The van der Waals surface area contributed by atoms with E-state index in [9.17, 15) is 14.7 Å². The Bertz CT molecular complexity index is 1330. The monoisotopic (exact) mass is 456 g/mol. The Balaban J connectivity index is 1.29. The second-order valence-corrected chi connectivity index (χ2v) is 8.29. The average Bonchev–Trinajstić information content (AvgIpc) is 3.40. The number of carboxylic acids is 1. The van der Waals surface area contributed by atoms with Crippen molar-refractivity contribution in [2.24, 2.45) is 0 Å². The predicted octanol–water partition coefficient (Wildman–Crippen LogP) is 4.71. The zero-order valence-corrected chi connectivity index (χ0v) is 18.6. The summed E-state index contributed by atoms with van der Waals surface area (Å²) in [6.45, 7) is 0.122. The summed E-state index contributed by atoms with van der Waals surface area (Å²) in [5.41, 5.74) is 6.08. The maximum Gasteiger partial charge on any atom is 0.407 e. The molecular formula is C27H24N2O5. The normalized spacial score (nSPS) is 13.2. The van der Waals surface area contributed by atoms with Crippen molar-refractivity contribution in [3.8, 4) is 16.9 Å². The van der Waals surface area contributed by atoms with Crippen molar-refractivity contribution in [2.45, 2.75) is 18.4 Å². The molecule has 0 bridgehead atoms. The second kappa shape index (κ2) is 8.94. The minimum absolute atomic E-state index is 0.0949. The van der Waals surface area contributed by atoms with E-state index in [4.69, 9.17) is 9.47 Å². The largest absolute Gasteiger partial charge is 0.497 e. The van der Waals surface area contributed by atoms with E-state index in [0.29, 0.717) is 5.75 Å². The highest BCUT2D eigenvalue weighted by Gasteiger charge is 2.30. The molecule has 34 heavy (non-hydrogen) atoms. The van der Waals surface area contributed by atoms with Gasteiger partial charge in [-0.2, -0.15) is 0 Å². The van der Waals surface area contributed by atoms with Crippen LogP contribution in [0, 0.1) is 0 Å². The fourth-order valence-electron chi connectivity index (χ4n) is 4.66. The molecular weight excluding hydrogens is 432 g/mol. The van der Waals surface area contributed by atoms with Gasteiger partial charge in [0.2, 0.25) is 0 Å². The van der Waals surface area contributed by atoms with Gasteiger partial charge in [0.05, 0.1) is 7.11 Å². The van der Waals surface area contributed by atoms with Crippen molar-refractivity contribution in [2.75, 3.05) is 13.7 Å². The molecule has 3 N–H and O–H groups in total. The van der Waals surface area contributed by atoms with Crippen LogP contribution in [0.25, 0.3) is 22.0 Å². The van der Waals surface area contributed by atoms with Gasteiger partial charge in [-0.25, -0.2) is 9.59 Å². The van der Waals surface area contributed by atoms with E-state index in [-0.39, 0.29) is 18.9 Å². The third-order valence-corrected chi connectivity index (χ3v) is 6.33. The molecule has 7 nitrogen and oxygen atoms in total. The van der Waals surface area contributed by atoms with Gasteiger partial charge in [0.1, 0.15) is 18.4 Å². The van der Waals surface area contributed by atoms with Gasteiger partial charge in [-0.1, -0.05) is 48.5 Å². The summed E-state index contributed by atoms with van der Waals surface area (Å²) in [5, 5.41) is 13.1. The van der Waals surface area contributed by atoms with Gasteiger partial charge in [0.15, 0.2) is 0 Å². The summed E-state index contributed by atoms with van der Waals surface area (Å²) in [6, 6.07) is 20.5. The molecule has 0 saturated carbocycles. The number of H-pyrrole nitrogens is 1. The third kappa shape index (κ3) is 3.96. The van der Waals surface area contributed by atoms with Crippen LogP contribution in [0.15, 0.2) is 72.9 Å². The molecule has 0 fully saturated rings. The van der Waals surface area contributed by atoms with Gasteiger partial charge in [-0.3, -0.25) is 0 Å². The maximum absolute atomic E-state index is 12.6. The van der Waals surface area contributed by atoms with Crippen molar-refractivity contribution < 1.29 is 24.2 Å². The van der Waals surface area contributed by atoms with E-state index in [1.807, 2.05) is 54.6 Å². The van der Waals surface area contributed by atoms with E-state index in [1.165, 1.54) is 0 Å². The zero-order chi connectivity index (χ0) is 23.7. The molecule has 0 spiro atoms. The van der Waals surface area contributed by atoms with E-state index in [1.54, 1.807) is 13.3 Å². The molecule has 1 aliphatic rings. The first-order valence-electron chi connectivity index (χ1n) is 11.0. The number of aliphatic carboxylic acids is 1. The zero-order valence-electron chi connectivity index (χ0n) is 18.6. The Morgan fingerprint density at radius 2 is 1.71 bits per heavy atom. The second-order valence-electron chi connectivity index (χ2n) is 8.29. The molecule has 1 aliphatic carbocycles. The average molecular weight is 456 g/mol. The van der Waals surface area contributed by atoms with Crippen LogP contribution in [0.3, 0.4) is 0 Å². The van der Waals surface area contributed by atoms with Gasteiger partial charge in [0, 0.05) is 29.4 Å². The maximum atomic E-state index is 12.6. The summed E-state index contributed by atoms with van der Waals surface area (Å²) in [5.74, 6) is -0.557. The highest BCUT2D eigenvalue weighted by Crippen LogP contribution is 2.44. The number of methoxy groups -OCH3 is 1. The summed E-state index contributed by atoms with van der Waals surface area (Å²) in [6.07, 6.45) is 1.10. The van der Waals surface area contributed by atoms with Gasteiger partial charge in [-0.05, 0) is 46.0 Å². The lowest BCUT2D eigenvalue weighted by atomic mass is 9.98. The molecule has 0 aliphatic heterocycles. The van der Waals surface area contributed by atoms with Gasteiger partial charge >= 0.3 is 12.1 Å². The van der Waals surface area contributed by atoms with E-state index in [0.717, 1.165) is 38.7 Å². The van der Waals surface area contributed by atoms with Crippen LogP contribution in [0.4, 0.5) is 4.79 Å². The molecule has 0 saturated heterocycles. The molecule has 172 valence electrons. The molecule has 0 radical (unpaired) electrons. The predicted molar refractivity (Wildman–Crippen MR) is 128 cm³/mol. The summed E-state index contributed by atoms with van der Waals surface area (Å²) in [4.78, 5) is 27.6. The summed E-state index contributed by atoms with van der Waals surface area (Å²) in [7, 11) is 1.58. The van der Waals surface area contributed by atoms with Crippen molar-refractivity contribution in [3.05, 3.63) is 89.6 Å². The number of benzene rings is 3. The van der Waals surface area contributed by atoms with Crippen LogP contribution in [-0.4, -0.2) is 41.9 Å². The fraction of sp³-hybridized carbons (Fsp3) is 0.185. The molecule has 1 atom stereocenters. The van der Waals surface area contributed by atoms with E-state index >= 15 is 0 Å². The number of carbonyl (C=O) groups excluding carboxylic acids is 1. The first kappa shape index (κ1) is 21.6. The Kier molecular flexibility index (Phi) is 5.67. The number of carbonyl (C=O) groups is 2. The number of amides is 1. The number of hydrogen-bond donors (Lipinski definition) is 3. The number of aromatic nitrogens is 1. The Labute approximate surface area is 196 Å². The summed E-state index contributed by atoms with van der Waals surface area (Å²) < 4.78 is 10.8. The Morgan fingerprint density at radius 3 is 2.35 bits per heavy atom. The van der Waals surface area contributed by atoms with Crippen LogP contribution in [0.5, 0.6) is 5.75 Å². The topological polar surface area (TPSA) is 101 Å². The quantitative estimate of drug-likeness (QED) is 0.374. The minimum atomic E-state index is -1.14. The van der Waals surface area contributed by atoms with Gasteiger partial charge in [0.25, 0.3) is 0 Å². The van der Waals surface area contributed by atoms with Crippen LogP contribution in [0.2, 0.25) is 0 Å². The number of aromatic amines is 1. The van der Waals surface area contributed by atoms with Gasteiger partial charge in [-0.15, -0.1) is 0 Å². The lowest BCUT2D eigenvalue weighted by Gasteiger charge is -2.17. The Morgan fingerprint density at radius 1 is 1.03 bits per heavy atom. The van der Waals surface area contributed by atoms with Gasteiger partial charge < -0.3 is 24.9 Å². The van der Waals surface area contributed by atoms with Crippen LogP contribution in [-0.2, 0) is 16.0 Å². The first-order valence-corrected chi connectivity index (χ1v) is 11.0.